The van der Waals surface area contributed by atoms with Gasteiger partial charge < -0.3 is 13.3 Å². The molecule has 1 aromatic carbocycles. The Hall–Kier alpha value is -2.58. The van der Waals surface area contributed by atoms with Crippen molar-refractivity contribution in [3.05, 3.63) is 53.3 Å². The van der Waals surface area contributed by atoms with Crippen LogP contribution in [0.5, 0.6) is 0 Å². The number of furan rings is 1. The highest BCUT2D eigenvalue weighted by atomic mass is 35.5. The van der Waals surface area contributed by atoms with Crippen molar-refractivity contribution in [3.63, 3.8) is 0 Å². The maximum atomic E-state index is 6.13. The largest absolute Gasteiger partial charge is 0.469 e. The van der Waals surface area contributed by atoms with E-state index in [9.17, 15) is 0 Å². The van der Waals surface area contributed by atoms with Crippen molar-refractivity contribution in [2.75, 3.05) is 0 Å². The van der Waals surface area contributed by atoms with Crippen LogP contribution in [0.4, 0.5) is 0 Å². The van der Waals surface area contributed by atoms with Crippen molar-refractivity contribution >= 4 is 23.4 Å². The smallest absolute Gasteiger partial charge is 0.277 e. The molecular weight excluding hydrogens is 364 g/mol. The summed E-state index contributed by atoms with van der Waals surface area (Å²) in [6.07, 6.45) is 1.58. The van der Waals surface area contributed by atoms with Crippen LogP contribution < -0.4 is 0 Å². The van der Waals surface area contributed by atoms with E-state index in [1.165, 1.54) is 11.8 Å². The first-order chi connectivity index (χ1) is 12.2. The molecule has 0 spiro atoms. The summed E-state index contributed by atoms with van der Waals surface area (Å²) in [6.45, 7) is 1.83. The Morgan fingerprint density at radius 3 is 2.56 bits per heavy atom. The minimum Gasteiger partial charge on any atom is -0.469 e. The van der Waals surface area contributed by atoms with Crippen LogP contribution in [0.15, 0.2) is 55.1 Å². The fraction of sp³-hybridized carbons (Fsp3) is 0.125. The van der Waals surface area contributed by atoms with Crippen molar-refractivity contribution < 1.29 is 13.3 Å². The van der Waals surface area contributed by atoms with Gasteiger partial charge in [0.15, 0.2) is 0 Å². The number of hydrogen-bond donors (Lipinski definition) is 0. The second kappa shape index (κ2) is 6.73. The van der Waals surface area contributed by atoms with Crippen LogP contribution in [-0.2, 0) is 5.75 Å². The predicted molar refractivity (Wildman–Crippen MR) is 91.0 cm³/mol. The minimum absolute atomic E-state index is 0.376. The zero-order valence-corrected chi connectivity index (χ0v) is 14.5. The van der Waals surface area contributed by atoms with Crippen LogP contribution in [0.2, 0.25) is 5.02 Å². The van der Waals surface area contributed by atoms with E-state index in [2.05, 4.69) is 20.4 Å². The quantitative estimate of drug-likeness (QED) is 0.467. The fourth-order valence-corrected chi connectivity index (χ4v) is 2.98. The standard InChI is InChI=1S/C16H11ClN4O3S/c1-9-10(6-7-22-9)14-20-21-16(24-14)25-8-13-18-19-15(23-13)11-4-2-3-5-12(11)17/h2-7H,8H2,1H3. The van der Waals surface area contributed by atoms with Gasteiger partial charge in [0.25, 0.3) is 11.1 Å². The molecule has 0 fully saturated rings. The second-order valence-electron chi connectivity index (χ2n) is 5.03. The summed E-state index contributed by atoms with van der Waals surface area (Å²) in [5, 5.41) is 17.0. The molecule has 25 heavy (non-hydrogen) atoms. The number of aryl methyl sites for hydroxylation is 1. The number of nitrogens with zero attached hydrogens (tertiary/aromatic N) is 4. The molecule has 0 atom stereocenters. The molecule has 4 aromatic rings. The lowest BCUT2D eigenvalue weighted by molar-refractivity contribution is 0.462. The third-order valence-electron chi connectivity index (χ3n) is 3.39. The van der Waals surface area contributed by atoms with E-state index in [0.717, 1.165) is 11.3 Å². The Kier molecular flexibility index (Phi) is 4.29. The van der Waals surface area contributed by atoms with Crippen molar-refractivity contribution in [3.8, 4) is 22.9 Å². The van der Waals surface area contributed by atoms with Crippen LogP contribution in [0.1, 0.15) is 11.7 Å². The van der Waals surface area contributed by atoms with Crippen molar-refractivity contribution in [1.82, 2.24) is 20.4 Å². The van der Waals surface area contributed by atoms with E-state index in [0.29, 0.717) is 39.2 Å². The molecule has 0 aliphatic heterocycles. The Morgan fingerprint density at radius 1 is 0.960 bits per heavy atom. The normalized spacial score (nSPS) is 11.1. The Balaban J connectivity index is 1.45. The van der Waals surface area contributed by atoms with Gasteiger partial charge in [0.1, 0.15) is 5.76 Å². The SMILES string of the molecule is Cc1occc1-c1nnc(SCc2nnc(-c3ccccc3Cl)o2)o1. The van der Waals surface area contributed by atoms with Crippen LogP contribution in [0.25, 0.3) is 22.9 Å². The number of aromatic nitrogens is 4. The van der Waals surface area contributed by atoms with Gasteiger partial charge in [-0.15, -0.1) is 20.4 Å². The molecule has 0 radical (unpaired) electrons. The van der Waals surface area contributed by atoms with Crippen LogP contribution in [-0.4, -0.2) is 20.4 Å². The van der Waals surface area contributed by atoms with Gasteiger partial charge in [-0.05, 0) is 25.1 Å². The second-order valence-corrected chi connectivity index (χ2v) is 6.37. The van der Waals surface area contributed by atoms with Crippen LogP contribution >= 0.6 is 23.4 Å². The molecule has 4 rings (SSSR count). The maximum absolute atomic E-state index is 6.13. The third-order valence-corrected chi connectivity index (χ3v) is 4.52. The summed E-state index contributed by atoms with van der Waals surface area (Å²) >= 11 is 7.44. The number of thioether (sulfide) groups is 1. The van der Waals surface area contributed by atoms with Gasteiger partial charge in [-0.3, -0.25) is 0 Å². The molecule has 0 amide bonds. The summed E-state index contributed by atoms with van der Waals surface area (Å²) in [6, 6.07) is 9.08. The highest BCUT2D eigenvalue weighted by molar-refractivity contribution is 7.98. The average Bonchev–Trinajstić information content (AvgIpc) is 3.33. The molecule has 3 aromatic heterocycles. The van der Waals surface area contributed by atoms with E-state index in [1.807, 2.05) is 25.1 Å². The van der Waals surface area contributed by atoms with Gasteiger partial charge >= 0.3 is 0 Å². The number of halogens is 1. The maximum Gasteiger partial charge on any atom is 0.277 e. The summed E-state index contributed by atoms with van der Waals surface area (Å²) in [4.78, 5) is 0. The molecule has 0 bridgehead atoms. The Morgan fingerprint density at radius 2 is 1.76 bits per heavy atom. The lowest BCUT2D eigenvalue weighted by Gasteiger charge is -1.96. The molecule has 7 nitrogen and oxygen atoms in total. The molecule has 0 saturated heterocycles. The molecule has 0 unspecified atom stereocenters. The minimum atomic E-state index is 0.376. The van der Waals surface area contributed by atoms with E-state index < -0.39 is 0 Å². The van der Waals surface area contributed by atoms with Gasteiger partial charge in [0.2, 0.25) is 11.8 Å². The number of rotatable bonds is 5. The summed E-state index contributed by atoms with van der Waals surface area (Å²) < 4.78 is 16.5. The molecule has 0 aliphatic carbocycles. The molecule has 0 saturated carbocycles. The zero-order valence-electron chi connectivity index (χ0n) is 13.0. The van der Waals surface area contributed by atoms with Crippen LogP contribution in [0.3, 0.4) is 0 Å². The third kappa shape index (κ3) is 3.31. The van der Waals surface area contributed by atoms with Gasteiger partial charge in [0.05, 0.1) is 28.2 Å². The van der Waals surface area contributed by atoms with Gasteiger partial charge in [-0.1, -0.05) is 35.5 Å². The average molecular weight is 375 g/mol. The fourth-order valence-electron chi connectivity index (χ4n) is 2.16. The van der Waals surface area contributed by atoms with Crippen LogP contribution in [0, 0.1) is 6.92 Å². The zero-order chi connectivity index (χ0) is 17.2. The lowest BCUT2D eigenvalue weighted by atomic mass is 10.2. The predicted octanol–water partition coefficient (Wildman–Crippen LogP) is 4.63. The summed E-state index contributed by atoms with van der Waals surface area (Å²) in [7, 11) is 0. The number of hydrogen-bond acceptors (Lipinski definition) is 8. The lowest BCUT2D eigenvalue weighted by Crippen LogP contribution is -1.80. The molecular formula is C16H11ClN4O3S. The molecule has 0 aliphatic rings. The Labute approximate surface area is 151 Å². The summed E-state index contributed by atoms with van der Waals surface area (Å²) in [5.41, 5.74) is 1.47. The Bertz CT molecular complexity index is 1010. The molecule has 9 heteroatoms. The van der Waals surface area contributed by atoms with E-state index >= 15 is 0 Å². The first kappa shape index (κ1) is 15.9. The van der Waals surface area contributed by atoms with Gasteiger partial charge in [-0.2, -0.15) is 0 Å². The molecule has 3 heterocycles. The van der Waals surface area contributed by atoms with E-state index in [1.54, 1.807) is 18.4 Å². The van der Waals surface area contributed by atoms with Gasteiger partial charge in [-0.25, -0.2) is 0 Å². The topological polar surface area (TPSA) is 91.0 Å². The molecule has 0 N–H and O–H groups in total. The van der Waals surface area contributed by atoms with Crippen molar-refractivity contribution in [1.29, 1.82) is 0 Å². The van der Waals surface area contributed by atoms with Crippen molar-refractivity contribution in [2.45, 2.75) is 17.9 Å². The first-order valence-electron chi connectivity index (χ1n) is 7.29. The van der Waals surface area contributed by atoms with E-state index in [-0.39, 0.29) is 0 Å². The highest BCUT2D eigenvalue weighted by Crippen LogP contribution is 2.30. The molecule has 126 valence electrons. The van der Waals surface area contributed by atoms with E-state index in [4.69, 9.17) is 24.9 Å². The summed E-state index contributed by atoms with van der Waals surface area (Å²) in [5.74, 6) is 2.36. The monoisotopic (exact) mass is 374 g/mol. The number of benzene rings is 1. The van der Waals surface area contributed by atoms with Gasteiger partial charge in [0, 0.05) is 0 Å². The van der Waals surface area contributed by atoms with Crippen molar-refractivity contribution in [2.24, 2.45) is 0 Å². The first-order valence-corrected chi connectivity index (χ1v) is 8.65. The highest BCUT2D eigenvalue weighted by Gasteiger charge is 2.15.